The maximum atomic E-state index is 11.5. The average molecular weight is 233 g/mol. The first-order valence-electron chi connectivity index (χ1n) is 5.53. The minimum absolute atomic E-state index is 0.319. The lowest BCUT2D eigenvalue weighted by molar-refractivity contribution is 0.0594. The summed E-state index contributed by atoms with van der Waals surface area (Å²) in [5, 5.41) is 0. The normalized spacial score (nSPS) is 11.1. The first-order valence-corrected chi connectivity index (χ1v) is 5.53. The van der Waals surface area contributed by atoms with E-state index in [1.54, 1.807) is 12.4 Å². The molecule has 2 aromatic heterocycles. The molecule has 2 rings (SSSR count). The largest absolute Gasteiger partial charge is 0.464 e. The second-order valence-electron chi connectivity index (χ2n) is 4.34. The Kier molecular flexibility index (Phi) is 3.08. The zero-order valence-corrected chi connectivity index (χ0v) is 10.2. The maximum Gasteiger partial charge on any atom is 0.356 e. The molecule has 0 saturated heterocycles. The lowest BCUT2D eigenvalue weighted by Gasteiger charge is -2.07. The molecule has 0 aliphatic rings. The summed E-state index contributed by atoms with van der Waals surface area (Å²) < 4.78 is 4.69. The van der Waals surface area contributed by atoms with E-state index in [4.69, 9.17) is 0 Å². The van der Waals surface area contributed by atoms with Crippen LogP contribution < -0.4 is 0 Å². The molecular weight excluding hydrogens is 218 g/mol. The van der Waals surface area contributed by atoms with Gasteiger partial charge in [-0.25, -0.2) is 14.8 Å². The summed E-state index contributed by atoms with van der Waals surface area (Å²) in [6.07, 6.45) is 2.39. The van der Waals surface area contributed by atoms with Gasteiger partial charge in [0, 0.05) is 0 Å². The summed E-state index contributed by atoms with van der Waals surface area (Å²) in [6.45, 7) is 4.20. The molecule has 90 valence electrons. The monoisotopic (exact) mass is 233 g/mol. The number of imidazole rings is 1. The quantitative estimate of drug-likeness (QED) is 0.823. The van der Waals surface area contributed by atoms with Gasteiger partial charge in [0.15, 0.2) is 5.69 Å². The smallest absolute Gasteiger partial charge is 0.356 e. The second kappa shape index (κ2) is 4.53. The van der Waals surface area contributed by atoms with Crippen LogP contribution >= 0.6 is 0 Å². The zero-order valence-electron chi connectivity index (χ0n) is 10.2. The van der Waals surface area contributed by atoms with E-state index in [9.17, 15) is 4.79 Å². The van der Waals surface area contributed by atoms with Crippen molar-refractivity contribution < 1.29 is 9.53 Å². The Balaban J connectivity index is 2.54. The molecule has 0 aliphatic heterocycles. The van der Waals surface area contributed by atoms with E-state index in [1.807, 2.05) is 0 Å². The predicted octanol–water partition coefficient (Wildman–Crippen LogP) is 1.94. The van der Waals surface area contributed by atoms with E-state index in [2.05, 4.69) is 33.5 Å². The molecule has 0 radical (unpaired) electrons. The number of nitrogens with one attached hydrogen (secondary N) is 1. The minimum atomic E-state index is -0.425. The van der Waals surface area contributed by atoms with Crippen molar-refractivity contribution >= 4 is 17.0 Å². The van der Waals surface area contributed by atoms with Crippen molar-refractivity contribution in [2.45, 2.75) is 20.3 Å². The molecule has 2 aromatic rings. The molecule has 0 fully saturated rings. The number of carbonyl (C=O) groups is 1. The van der Waals surface area contributed by atoms with Gasteiger partial charge in [-0.15, -0.1) is 0 Å². The number of fused-ring (bicyclic) bond motifs is 1. The van der Waals surface area contributed by atoms with Crippen molar-refractivity contribution in [3.8, 4) is 0 Å². The Morgan fingerprint density at radius 1 is 1.53 bits per heavy atom. The van der Waals surface area contributed by atoms with Crippen LogP contribution in [0.1, 0.15) is 30.0 Å². The molecule has 1 N–H and O–H groups in total. The van der Waals surface area contributed by atoms with Gasteiger partial charge in [-0.3, -0.25) is 0 Å². The standard InChI is InChI=1S/C12H15N3O2/c1-7(2)4-9-11-8(13-6-14-11)5-10(15-9)12(16)17-3/h5-7H,4H2,1-3H3,(H,13,14). The van der Waals surface area contributed by atoms with Crippen molar-refractivity contribution in [2.24, 2.45) is 5.92 Å². The number of methoxy groups -OCH3 is 1. The van der Waals surface area contributed by atoms with E-state index >= 15 is 0 Å². The van der Waals surface area contributed by atoms with Crippen molar-refractivity contribution in [3.05, 3.63) is 23.8 Å². The lowest BCUT2D eigenvalue weighted by atomic mass is 10.1. The predicted molar refractivity (Wildman–Crippen MR) is 63.8 cm³/mol. The summed E-state index contributed by atoms with van der Waals surface area (Å²) >= 11 is 0. The summed E-state index contributed by atoms with van der Waals surface area (Å²) in [4.78, 5) is 23.0. The number of hydrogen-bond acceptors (Lipinski definition) is 4. The van der Waals surface area contributed by atoms with Gasteiger partial charge in [-0.1, -0.05) is 13.8 Å². The number of rotatable bonds is 3. The molecule has 0 saturated carbocycles. The first kappa shape index (κ1) is 11.6. The summed E-state index contributed by atoms with van der Waals surface area (Å²) in [5.74, 6) is 0.0294. The third-order valence-electron chi connectivity index (χ3n) is 2.47. The molecule has 0 aliphatic carbocycles. The molecule has 0 spiro atoms. The molecule has 0 amide bonds. The Morgan fingerprint density at radius 2 is 2.29 bits per heavy atom. The molecular formula is C12H15N3O2. The fraction of sp³-hybridized carbons (Fsp3) is 0.417. The molecule has 0 bridgehead atoms. The average Bonchev–Trinajstić information content (AvgIpc) is 2.75. The number of nitrogens with zero attached hydrogens (tertiary/aromatic N) is 2. The Labute approximate surface area is 99.2 Å². The molecule has 17 heavy (non-hydrogen) atoms. The highest BCUT2D eigenvalue weighted by Crippen LogP contribution is 2.18. The summed E-state index contributed by atoms with van der Waals surface area (Å²) in [6, 6.07) is 1.66. The van der Waals surface area contributed by atoms with Gasteiger partial charge in [-0.2, -0.15) is 0 Å². The third kappa shape index (κ3) is 2.27. The van der Waals surface area contributed by atoms with E-state index in [1.165, 1.54) is 7.11 Å². The Hall–Kier alpha value is -1.91. The van der Waals surface area contributed by atoms with Gasteiger partial charge in [0.2, 0.25) is 0 Å². The van der Waals surface area contributed by atoms with Crippen LogP contribution in [0.15, 0.2) is 12.4 Å². The molecule has 5 nitrogen and oxygen atoms in total. The highest BCUT2D eigenvalue weighted by atomic mass is 16.5. The van der Waals surface area contributed by atoms with Crippen LogP contribution in [0.4, 0.5) is 0 Å². The topological polar surface area (TPSA) is 67.9 Å². The minimum Gasteiger partial charge on any atom is -0.464 e. The van der Waals surface area contributed by atoms with Crippen LogP contribution in [0.25, 0.3) is 11.0 Å². The second-order valence-corrected chi connectivity index (χ2v) is 4.34. The van der Waals surface area contributed by atoms with E-state index in [0.29, 0.717) is 11.6 Å². The third-order valence-corrected chi connectivity index (χ3v) is 2.47. The number of ether oxygens (including phenoxy) is 1. The molecule has 0 aromatic carbocycles. The van der Waals surface area contributed by atoms with Gasteiger partial charge in [-0.05, 0) is 18.4 Å². The fourth-order valence-corrected chi connectivity index (χ4v) is 1.75. The van der Waals surface area contributed by atoms with E-state index < -0.39 is 5.97 Å². The van der Waals surface area contributed by atoms with Crippen molar-refractivity contribution in [1.82, 2.24) is 15.0 Å². The van der Waals surface area contributed by atoms with Crippen LogP contribution in [0.5, 0.6) is 0 Å². The van der Waals surface area contributed by atoms with Gasteiger partial charge in [0.1, 0.15) is 5.52 Å². The number of carbonyl (C=O) groups excluding carboxylic acids is 1. The summed E-state index contributed by atoms with van der Waals surface area (Å²) in [7, 11) is 1.35. The number of esters is 1. The molecule has 0 atom stereocenters. The fourth-order valence-electron chi connectivity index (χ4n) is 1.75. The van der Waals surface area contributed by atoms with Crippen LogP contribution in [0, 0.1) is 5.92 Å². The zero-order chi connectivity index (χ0) is 12.4. The van der Waals surface area contributed by atoms with Gasteiger partial charge >= 0.3 is 5.97 Å². The molecule has 5 heteroatoms. The van der Waals surface area contributed by atoms with Gasteiger partial charge < -0.3 is 9.72 Å². The Bertz CT molecular complexity index is 546. The Morgan fingerprint density at radius 3 is 2.94 bits per heavy atom. The number of H-pyrrole nitrogens is 1. The van der Waals surface area contributed by atoms with Crippen LogP contribution in [-0.4, -0.2) is 28.0 Å². The maximum absolute atomic E-state index is 11.5. The van der Waals surface area contributed by atoms with Gasteiger partial charge in [0.05, 0.1) is 24.6 Å². The van der Waals surface area contributed by atoms with Crippen LogP contribution in [-0.2, 0) is 11.2 Å². The van der Waals surface area contributed by atoms with E-state index in [-0.39, 0.29) is 0 Å². The number of aromatic nitrogens is 3. The molecule has 0 unspecified atom stereocenters. The molecule has 2 heterocycles. The highest BCUT2D eigenvalue weighted by Gasteiger charge is 2.14. The van der Waals surface area contributed by atoms with Crippen LogP contribution in [0.2, 0.25) is 0 Å². The lowest BCUT2D eigenvalue weighted by Crippen LogP contribution is -2.08. The number of aromatic amines is 1. The van der Waals surface area contributed by atoms with Crippen LogP contribution in [0.3, 0.4) is 0 Å². The van der Waals surface area contributed by atoms with E-state index in [0.717, 1.165) is 23.1 Å². The van der Waals surface area contributed by atoms with Crippen molar-refractivity contribution in [2.75, 3.05) is 7.11 Å². The highest BCUT2D eigenvalue weighted by molar-refractivity contribution is 5.91. The van der Waals surface area contributed by atoms with Crippen molar-refractivity contribution in [1.29, 1.82) is 0 Å². The SMILES string of the molecule is COC(=O)c1cc2[nH]cnc2c(CC(C)C)n1. The number of hydrogen-bond donors (Lipinski definition) is 1. The first-order chi connectivity index (χ1) is 8.11. The van der Waals surface area contributed by atoms with Gasteiger partial charge in [0.25, 0.3) is 0 Å². The number of pyridine rings is 1. The van der Waals surface area contributed by atoms with Crippen molar-refractivity contribution in [3.63, 3.8) is 0 Å². The summed E-state index contributed by atoms with van der Waals surface area (Å²) in [5.41, 5.74) is 2.79.